The largest absolute Gasteiger partial charge is 0.299 e. The molecule has 0 spiro atoms. The predicted molar refractivity (Wildman–Crippen MR) is 106 cm³/mol. The van der Waals surface area contributed by atoms with Gasteiger partial charge in [0.2, 0.25) is 0 Å². The molecule has 0 fully saturated rings. The van der Waals surface area contributed by atoms with Gasteiger partial charge in [-0.15, -0.1) is 0 Å². The minimum Gasteiger partial charge on any atom is -0.299 e. The van der Waals surface area contributed by atoms with Gasteiger partial charge in [0.25, 0.3) is 0 Å². The maximum Gasteiger partial charge on any atom is 0.139 e. The van der Waals surface area contributed by atoms with Gasteiger partial charge in [-0.25, -0.2) is 0 Å². The van der Waals surface area contributed by atoms with E-state index in [9.17, 15) is 28.8 Å². The third kappa shape index (κ3) is 26.8. The molecule has 7 heteroatoms. The van der Waals surface area contributed by atoms with Crippen LogP contribution in [0.2, 0.25) is 0 Å². The van der Waals surface area contributed by atoms with Crippen LogP contribution in [0.1, 0.15) is 99.3 Å². The van der Waals surface area contributed by atoms with E-state index in [0.717, 1.165) is 0 Å². The van der Waals surface area contributed by atoms with Crippen molar-refractivity contribution in [2.75, 3.05) is 0 Å². The summed E-state index contributed by atoms with van der Waals surface area (Å²) in [6.07, 6.45) is 3.26. The molecule has 0 heterocycles. The average molecular weight is 440 g/mol. The van der Waals surface area contributed by atoms with Crippen LogP contribution >= 0.6 is 0 Å². The second-order valence-corrected chi connectivity index (χ2v) is 5.88. The van der Waals surface area contributed by atoms with Crippen molar-refractivity contribution < 1.29 is 45.8 Å². The number of hydrogen-bond acceptors (Lipinski definition) is 6. The Morgan fingerprint density at radius 1 is 0.357 bits per heavy atom. The Bertz CT molecular complexity index is 384. The summed E-state index contributed by atoms with van der Waals surface area (Å²) in [5.74, 6) is 0.260. The maximum atomic E-state index is 10.6. The second kappa shape index (κ2) is 23.6. The molecule has 0 unspecified atom stereocenters. The summed E-state index contributed by atoms with van der Waals surface area (Å²) < 4.78 is 0. The fourth-order valence-electron chi connectivity index (χ4n) is 1.41. The van der Waals surface area contributed by atoms with Gasteiger partial charge >= 0.3 is 0 Å². The topological polar surface area (TPSA) is 102 Å². The van der Waals surface area contributed by atoms with E-state index in [-0.39, 0.29) is 71.0 Å². The molecule has 0 saturated carbocycles. The third-order valence-corrected chi connectivity index (χ3v) is 3.55. The van der Waals surface area contributed by atoms with Gasteiger partial charge in [0.05, 0.1) is 19.3 Å². The zero-order valence-corrected chi connectivity index (χ0v) is 19.3. The Kier molecular flexibility index (Phi) is 28.7. The van der Waals surface area contributed by atoms with Crippen LogP contribution in [0.15, 0.2) is 0 Å². The number of carbonyl (C=O) groups excluding carboxylic acids is 6. The van der Waals surface area contributed by atoms with Gasteiger partial charge in [-0.3, -0.25) is 28.8 Å². The van der Waals surface area contributed by atoms with E-state index in [2.05, 4.69) is 0 Å². The van der Waals surface area contributed by atoms with E-state index in [0.29, 0.717) is 38.5 Å². The van der Waals surface area contributed by atoms with Crippen molar-refractivity contribution in [1.82, 2.24) is 0 Å². The van der Waals surface area contributed by atoms with Gasteiger partial charge in [-0.05, 0) is 0 Å². The summed E-state index contributed by atoms with van der Waals surface area (Å²) in [7, 11) is 0. The van der Waals surface area contributed by atoms with Crippen LogP contribution in [0.25, 0.3) is 0 Å². The van der Waals surface area contributed by atoms with Crippen molar-refractivity contribution in [3.63, 3.8) is 0 Å². The Balaban J connectivity index is -0.000000152. The second-order valence-electron chi connectivity index (χ2n) is 5.88. The van der Waals surface area contributed by atoms with Crippen LogP contribution in [-0.4, -0.2) is 34.7 Å². The number of hydrogen-bond donors (Lipinski definition) is 0. The van der Waals surface area contributed by atoms with Gasteiger partial charge in [0.1, 0.15) is 34.7 Å². The number of ketones is 6. The zero-order chi connectivity index (χ0) is 21.8. The van der Waals surface area contributed by atoms with Crippen LogP contribution in [0, 0.1) is 0 Å². The molecule has 0 amide bonds. The summed E-state index contributed by atoms with van der Waals surface area (Å²) in [6.45, 7) is 10.6. The standard InChI is InChI=1S/3C7H12O2.Fe/c3*1-3-6(8)5-7(9)4-2;/h3*3-5H2,1-2H3;. The van der Waals surface area contributed by atoms with E-state index >= 15 is 0 Å². The quantitative estimate of drug-likeness (QED) is 0.336. The van der Waals surface area contributed by atoms with Gasteiger partial charge in [0.15, 0.2) is 0 Å². The van der Waals surface area contributed by atoms with Crippen LogP contribution in [0.4, 0.5) is 0 Å². The van der Waals surface area contributed by atoms with Gasteiger partial charge in [0, 0.05) is 55.6 Å². The molecular weight excluding hydrogens is 404 g/mol. The van der Waals surface area contributed by atoms with Crippen molar-refractivity contribution in [2.45, 2.75) is 99.3 Å². The van der Waals surface area contributed by atoms with Gasteiger partial charge in [-0.1, -0.05) is 41.5 Å². The van der Waals surface area contributed by atoms with Gasteiger partial charge < -0.3 is 0 Å². The molecule has 0 aliphatic carbocycles. The van der Waals surface area contributed by atoms with Crippen molar-refractivity contribution >= 4 is 34.7 Å². The van der Waals surface area contributed by atoms with Crippen LogP contribution in [0.5, 0.6) is 0 Å². The van der Waals surface area contributed by atoms with Crippen molar-refractivity contribution in [3.05, 3.63) is 0 Å². The van der Waals surface area contributed by atoms with E-state index in [1.54, 1.807) is 41.5 Å². The Hall–Kier alpha value is -1.46. The molecule has 0 aliphatic rings. The molecule has 164 valence electrons. The molecule has 0 bridgehead atoms. The Morgan fingerprint density at radius 3 is 0.536 bits per heavy atom. The SMILES string of the molecule is CCC(=O)CC(=O)CC.CCC(=O)CC(=O)CC.CCC(=O)CC(=O)CC.[Fe]. The predicted octanol–water partition coefficient (Wildman–Crippen LogP) is 4.00. The Morgan fingerprint density at radius 2 is 0.464 bits per heavy atom. The first-order chi connectivity index (χ1) is 12.6. The first kappa shape index (κ1) is 34.1. The Labute approximate surface area is 180 Å². The van der Waals surface area contributed by atoms with E-state index in [4.69, 9.17) is 0 Å². The minimum absolute atomic E-state index is 0. The van der Waals surface area contributed by atoms with Crippen molar-refractivity contribution in [1.29, 1.82) is 0 Å². The molecule has 0 atom stereocenters. The zero-order valence-electron chi connectivity index (χ0n) is 18.2. The van der Waals surface area contributed by atoms with Crippen molar-refractivity contribution in [2.24, 2.45) is 0 Å². The monoisotopic (exact) mass is 440 g/mol. The van der Waals surface area contributed by atoms with Crippen LogP contribution in [-0.2, 0) is 45.8 Å². The van der Waals surface area contributed by atoms with E-state index in [1.807, 2.05) is 0 Å². The number of carbonyl (C=O) groups is 6. The molecule has 0 saturated heterocycles. The number of rotatable bonds is 12. The molecular formula is C21H36FeO6. The summed E-state index contributed by atoms with van der Waals surface area (Å²) in [4.78, 5) is 63.4. The fourth-order valence-corrected chi connectivity index (χ4v) is 1.41. The molecule has 0 N–H and O–H groups in total. The van der Waals surface area contributed by atoms with E-state index in [1.165, 1.54) is 0 Å². The van der Waals surface area contributed by atoms with Crippen LogP contribution in [0.3, 0.4) is 0 Å². The molecule has 0 aromatic rings. The molecule has 28 heavy (non-hydrogen) atoms. The summed E-state index contributed by atoms with van der Waals surface area (Å²) >= 11 is 0. The van der Waals surface area contributed by atoms with E-state index < -0.39 is 0 Å². The first-order valence-corrected chi connectivity index (χ1v) is 9.71. The molecule has 0 aliphatic heterocycles. The first-order valence-electron chi connectivity index (χ1n) is 9.71. The summed E-state index contributed by atoms with van der Waals surface area (Å²) in [6, 6.07) is 0. The maximum absolute atomic E-state index is 10.6. The fraction of sp³-hybridized carbons (Fsp3) is 0.714. The number of Topliss-reactive ketones (excluding diaryl/α,β-unsaturated/α-hetero) is 6. The molecule has 0 aromatic heterocycles. The van der Waals surface area contributed by atoms with Crippen molar-refractivity contribution in [3.8, 4) is 0 Å². The molecule has 0 rings (SSSR count). The molecule has 0 radical (unpaired) electrons. The van der Waals surface area contributed by atoms with Gasteiger partial charge in [-0.2, -0.15) is 0 Å². The summed E-state index contributed by atoms with van der Waals surface area (Å²) in [5, 5.41) is 0. The molecule has 0 aromatic carbocycles. The summed E-state index contributed by atoms with van der Waals surface area (Å²) in [5.41, 5.74) is 0. The smallest absolute Gasteiger partial charge is 0.139 e. The normalized spacial score (nSPS) is 8.79. The molecule has 6 nitrogen and oxygen atoms in total. The minimum atomic E-state index is 0. The average Bonchev–Trinajstić information content (AvgIpc) is 2.67. The van der Waals surface area contributed by atoms with Crippen LogP contribution < -0.4 is 0 Å². The third-order valence-electron chi connectivity index (χ3n) is 3.55.